The third-order valence-corrected chi connectivity index (χ3v) is 3.84. The second-order valence-corrected chi connectivity index (χ2v) is 5.50. The average Bonchev–Trinajstić information content (AvgIpc) is 2.83. The van der Waals surface area contributed by atoms with Crippen molar-refractivity contribution < 1.29 is 4.79 Å². The maximum atomic E-state index is 12.4. The molecule has 0 aliphatic carbocycles. The van der Waals surface area contributed by atoms with E-state index in [-0.39, 0.29) is 5.91 Å². The third kappa shape index (κ3) is 2.50. The lowest BCUT2D eigenvalue weighted by molar-refractivity contribution is 0.102. The van der Waals surface area contributed by atoms with Crippen molar-refractivity contribution >= 4 is 44.9 Å². The Bertz CT molecular complexity index is 800. The fourth-order valence-electron chi connectivity index (χ4n) is 1.91. The number of nitrogens with one attached hydrogen (secondary N) is 1. The van der Waals surface area contributed by atoms with E-state index in [1.807, 2.05) is 36.6 Å². The molecule has 3 aromatic rings. The molecular formula is C14H10ClN3OS. The van der Waals surface area contributed by atoms with E-state index in [0.717, 1.165) is 11.1 Å². The minimum Gasteiger partial charge on any atom is -0.298 e. The Morgan fingerprint density at radius 2 is 2.10 bits per heavy atom. The molecule has 0 atom stereocenters. The van der Waals surface area contributed by atoms with E-state index in [0.29, 0.717) is 21.4 Å². The molecule has 4 nitrogen and oxygen atoms in total. The molecule has 0 fully saturated rings. The van der Waals surface area contributed by atoms with Crippen LogP contribution >= 0.6 is 22.9 Å². The van der Waals surface area contributed by atoms with Crippen molar-refractivity contribution in [1.29, 1.82) is 0 Å². The van der Waals surface area contributed by atoms with Gasteiger partial charge < -0.3 is 0 Å². The summed E-state index contributed by atoms with van der Waals surface area (Å²) >= 11 is 7.36. The summed E-state index contributed by atoms with van der Waals surface area (Å²) in [7, 11) is 0. The molecule has 1 amide bonds. The summed E-state index contributed by atoms with van der Waals surface area (Å²) in [5, 5.41) is 6.30. The topological polar surface area (TPSA) is 54.9 Å². The van der Waals surface area contributed by atoms with E-state index in [2.05, 4.69) is 15.3 Å². The summed E-state index contributed by atoms with van der Waals surface area (Å²) in [6, 6.07) is 8.96. The van der Waals surface area contributed by atoms with Crippen LogP contribution in [0, 0.1) is 6.92 Å². The van der Waals surface area contributed by atoms with Crippen LogP contribution in [0.25, 0.3) is 10.9 Å². The number of aromatic nitrogens is 2. The first-order chi connectivity index (χ1) is 9.63. The number of halogens is 1. The predicted molar refractivity (Wildman–Crippen MR) is 81.6 cm³/mol. The number of pyridine rings is 1. The largest absolute Gasteiger partial charge is 0.298 e. The Kier molecular flexibility index (Phi) is 3.38. The van der Waals surface area contributed by atoms with Crippen LogP contribution in [0.2, 0.25) is 5.15 Å². The van der Waals surface area contributed by atoms with Crippen LogP contribution in [0.1, 0.15) is 16.1 Å². The molecule has 0 bridgehead atoms. The number of hydrogen-bond acceptors (Lipinski definition) is 4. The van der Waals surface area contributed by atoms with Crippen LogP contribution in [-0.2, 0) is 0 Å². The second kappa shape index (κ2) is 5.19. The highest BCUT2D eigenvalue weighted by Crippen LogP contribution is 2.22. The molecule has 20 heavy (non-hydrogen) atoms. The molecule has 0 saturated heterocycles. The van der Waals surface area contributed by atoms with Gasteiger partial charge >= 0.3 is 0 Å². The van der Waals surface area contributed by atoms with Gasteiger partial charge in [-0.2, -0.15) is 0 Å². The number of para-hydroxylation sites is 1. The maximum absolute atomic E-state index is 12.4. The van der Waals surface area contributed by atoms with Crippen LogP contribution in [-0.4, -0.2) is 15.9 Å². The molecule has 0 aliphatic heterocycles. The molecule has 2 heterocycles. The minimum absolute atomic E-state index is 0.236. The van der Waals surface area contributed by atoms with Crippen molar-refractivity contribution in [2.24, 2.45) is 0 Å². The Labute approximate surface area is 124 Å². The highest BCUT2D eigenvalue weighted by molar-refractivity contribution is 7.13. The van der Waals surface area contributed by atoms with Gasteiger partial charge in [-0.15, -0.1) is 11.3 Å². The quantitative estimate of drug-likeness (QED) is 0.730. The Balaban J connectivity index is 2.02. The Morgan fingerprint density at radius 1 is 1.30 bits per heavy atom. The number of nitrogens with zero attached hydrogens (tertiary/aromatic N) is 2. The van der Waals surface area contributed by atoms with Gasteiger partial charge in [-0.05, 0) is 19.1 Å². The lowest BCUT2D eigenvalue weighted by Crippen LogP contribution is -2.12. The fraction of sp³-hybridized carbons (Fsp3) is 0.0714. The summed E-state index contributed by atoms with van der Waals surface area (Å²) in [6.45, 7) is 1.88. The number of carbonyl (C=O) groups is 1. The van der Waals surface area contributed by atoms with Crippen molar-refractivity contribution in [3.8, 4) is 0 Å². The lowest BCUT2D eigenvalue weighted by atomic mass is 10.1. The molecule has 1 aromatic carbocycles. The molecule has 0 saturated carbocycles. The number of aryl methyl sites for hydroxylation is 1. The SMILES string of the molecule is Cc1csc(NC(=O)c2cc(Cl)nc3ccccc23)n1. The summed E-state index contributed by atoms with van der Waals surface area (Å²) in [5.41, 5.74) is 2.07. The first kappa shape index (κ1) is 13.0. The van der Waals surface area contributed by atoms with Gasteiger partial charge in [-0.25, -0.2) is 9.97 Å². The van der Waals surface area contributed by atoms with Crippen LogP contribution in [0.5, 0.6) is 0 Å². The molecule has 0 radical (unpaired) electrons. The standard InChI is InChI=1S/C14H10ClN3OS/c1-8-7-20-14(16-8)18-13(19)10-6-12(15)17-11-5-3-2-4-9(10)11/h2-7H,1H3,(H,16,18,19). The number of benzene rings is 1. The first-order valence-corrected chi connectivity index (χ1v) is 7.18. The van der Waals surface area contributed by atoms with Gasteiger partial charge in [0.25, 0.3) is 5.91 Å². The number of thiazole rings is 1. The molecule has 1 N–H and O–H groups in total. The number of rotatable bonds is 2. The van der Waals surface area contributed by atoms with Crippen LogP contribution in [0.3, 0.4) is 0 Å². The van der Waals surface area contributed by atoms with Crippen molar-refractivity contribution in [3.63, 3.8) is 0 Å². The molecule has 0 spiro atoms. The van der Waals surface area contributed by atoms with Gasteiger partial charge in [-0.3, -0.25) is 10.1 Å². The average molecular weight is 304 g/mol. The van der Waals surface area contributed by atoms with Gasteiger partial charge in [0.2, 0.25) is 0 Å². The molecule has 100 valence electrons. The summed E-state index contributed by atoms with van der Waals surface area (Å²) in [6.07, 6.45) is 0. The zero-order valence-corrected chi connectivity index (χ0v) is 12.1. The summed E-state index contributed by atoms with van der Waals surface area (Å²) in [4.78, 5) is 20.8. The Morgan fingerprint density at radius 3 is 2.85 bits per heavy atom. The maximum Gasteiger partial charge on any atom is 0.258 e. The van der Waals surface area contributed by atoms with Crippen LogP contribution < -0.4 is 5.32 Å². The van der Waals surface area contributed by atoms with E-state index >= 15 is 0 Å². The fourth-order valence-corrected chi connectivity index (χ4v) is 2.79. The molecule has 0 aliphatic rings. The number of anilines is 1. The van der Waals surface area contributed by atoms with Gasteiger partial charge in [-0.1, -0.05) is 29.8 Å². The molecule has 3 rings (SSSR count). The van der Waals surface area contributed by atoms with Gasteiger partial charge in [0.05, 0.1) is 16.8 Å². The normalized spacial score (nSPS) is 10.7. The summed E-state index contributed by atoms with van der Waals surface area (Å²) in [5.74, 6) is -0.236. The Hall–Kier alpha value is -1.98. The highest BCUT2D eigenvalue weighted by Gasteiger charge is 2.13. The zero-order chi connectivity index (χ0) is 14.1. The number of carbonyl (C=O) groups excluding carboxylic acids is 1. The van der Waals surface area contributed by atoms with Crippen LogP contribution in [0.4, 0.5) is 5.13 Å². The monoisotopic (exact) mass is 303 g/mol. The number of amides is 1. The lowest BCUT2D eigenvalue weighted by Gasteiger charge is -2.06. The van der Waals surface area contributed by atoms with E-state index in [4.69, 9.17) is 11.6 Å². The van der Waals surface area contributed by atoms with Gasteiger partial charge in [0.1, 0.15) is 5.15 Å². The second-order valence-electron chi connectivity index (χ2n) is 4.26. The van der Waals surface area contributed by atoms with Crippen molar-refractivity contribution in [3.05, 3.63) is 52.1 Å². The zero-order valence-electron chi connectivity index (χ0n) is 10.6. The number of fused-ring (bicyclic) bond motifs is 1. The van der Waals surface area contributed by atoms with Crippen LogP contribution in [0.15, 0.2) is 35.7 Å². The molecule has 2 aromatic heterocycles. The minimum atomic E-state index is -0.236. The molecule has 6 heteroatoms. The highest BCUT2D eigenvalue weighted by atomic mass is 35.5. The van der Waals surface area contributed by atoms with Crippen molar-refractivity contribution in [1.82, 2.24) is 9.97 Å². The molecular weight excluding hydrogens is 294 g/mol. The molecule has 0 unspecified atom stereocenters. The summed E-state index contributed by atoms with van der Waals surface area (Å²) < 4.78 is 0. The van der Waals surface area contributed by atoms with Crippen molar-refractivity contribution in [2.75, 3.05) is 5.32 Å². The van der Waals surface area contributed by atoms with E-state index in [1.54, 1.807) is 6.07 Å². The van der Waals surface area contributed by atoms with E-state index in [1.165, 1.54) is 11.3 Å². The third-order valence-electron chi connectivity index (χ3n) is 2.77. The van der Waals surface area contributed by atoms with Crippen molar-refractivity contribution in [2.45, 2.75) is 6.92 Å². The van der Waals surface area contributed by atoms with E-state index < -0.39 is 0 Å². The van der Waals surface area contributed by atoms with Gasteiger partial charge in [0.15, 0.2) is 5.13 Å². The number of hydrogen-bond donors (Lipinski definition) is 1. The van der Waals surface area contributed by atoms with E-state index in [9.17, 15) is 4.79 Å². The first-order valence-electron chi connectivity index (χ1n) is 5.92. The predicted octanol–water partition coefficient (Wildman–Crippen LogP) is 3.91. The van der Waals surface area contributed by atoms with Gasteiger partial charge in [0, 0.05) is 10.8 Å². The smallest absolute Gasteiger partial charge is 0.258 e.